The number of halogens is 2. The monoisotopic (exact) mass is 264 g/mol. The first-order chi connectivity index (χ1) is 9.06. The van der Waals surface area contributed by atoms with Crippen LogP contribution >= 0.6 is 0 Å². The Morgan fingerprint density at radius 3 is 2.68 bits per heavy atom. The van der Waals surface area contributed by atoms with Gasteiger partial charge >= 0.3 is 0 Å². The third-order valence-corrected chi connectivity index (χ3v) is 2.59. The van der Waals surface area contributed by atoms with Crippen molar-refractivity contribution in [3.8, 4) is 5.88 Å². The number of methoxy groups -OCH3 is 1. The normalized spacial score (nSPS) is 10.3. The van der Waals surface area contributed by atoms with Gasteiger partial charge in [-0.05, 0) is 18.2 Å². The number of pyridine rings is 1. The molecule has 1 aromatic carbocycles. The van der Waals surface area contributed by atoms with E-state index in [1.807, 2.05) is 0 Å². The number of nitrogens with two attached hydrogens (primary N) is 1. The van der Waals surface area contributed by atoms with E-state index in [4.69, 9.17) is 5.73 Å². The number of anilines is 1. The van der Waals surface area contributed by atoms with Crippen molar-refractivity contribution in [3.05, 3.63) is 53.2 Å². The molecule has 4 nitrogen and oxygen atoms in total. The molecule has 0 spiro atoms. The van der Waals surface area contributed by atoms with E-state index in [-0.39, 0.29) is 22.7 Å². The lowest BCUT2D eigenvalue weighted by molar-refractivity contribution is 0.103. The van der Waals surface area contributed by atoms with Crippen LogP contribution in [0.2, 0.25) is 0 Å². The Hall–Kier alpha value is -2.50. The lowest BCUT2D eigenvalue weighted by Crippen LogP contribution is -2.10. The zero-order valence-electron chi connectivity index (χ0n) is 9.98. The number of ketones is 1. The van der Waals surface area contributed by atoms with E-state index in [9.17, 15) is 13.6 Å². The number of ether oxygens (including phenoxy) is 1. The van der Waals surface area contributed by atoms with Crippen LogP contribution in [0, 0.1) is 11.6 Å². The highest BCUT2D eigenvalue weighted by molar-refractivity contribution is 6.12. The molecule has 98 valence electrons. The van der Waals surface area contributed by atoms with Gasteiger partial charge in [0.25, 0.3) is 5.88 Å². The fourth-order valence-electron chi connectivity index (χ4n) is 1.62. The van der Waals surface area contributed by atoms with Gasteiger partial charge in [-0.1, -0.05) is 6.07 Å². The number of para-hydroxylation sites is 1. The Morgan fingerprint density at radius 2 is 2.00 bits per heavy atom. The van der Waals surface area contributed by atoms with Gasteiger partial charge in [0.2, 0.25) is 0 Å². The van der Waals surface area contributed by atoms with Crippen LogP contribution in [0.25, 0.3) is 0 Å². The van der Waals surface area contributed by atoms with Crippen LogP contribution < -0.4 is 10.5 Å². The molecule has 2 rings (SSSR count). The number of rotatable bonds is 3. The molecule has 2 N–H and O–H groups in total. The third kappa shape index (κ3) is 2.24. The molecule has 0 aliphatic heterocycles. The second-order valence-corrected chi connectivity index (χ2v) is 3.71. The van der Waals surface area contributed by atoms with Gasteiger partial charge in [0.1, 0.15) is 5.82 Å². The van der Waals surface area contributed by atoms with Crippen LogP contribution in [-0.2, 0) is 0 Å². The van der Waals surface area contributed by atoms with Crippen LogP contribution in [-0.4, -0.2) is 17.9 Å². The lowest BCUT2D eigenvalue weighted by atomic mass is 10.0. The van der Waals surface area contributed by atoms with E-state index >= 15 is 0 Å². The molecule has 2 aromatic rings. The fourth-order valence-corrected chi connectivity index (χ4v) is 1.62. The minimum atomic E-state index is -0.904. The van der Waals surface area contributed by atoms with Gasteiger partial charge in [0, 0.05) is 11.8 Å². The number of benzene rings is 1. The smallest absolute Gasteiger partial charge is 0.250 e. The minimum absolute atomic E-state index is 0.104. The van der Waals surface area contributed by atoms with Crippen molar-refractivity contribution in [3.63, 3.8) is 0 Å². The van der Waals surface area contributed by atoms with Gasteiger partial charge < -0.3 is 10.5 Å². The van der Waals surface area contributed by atoms with Crippen LogP contribution in [0.1, 0.15) is 15.9 Å². The largest absolute Gasteiger partial charge is 0.479 e. The van der Waals surface area contributed by atoms with Gasteiger partial charge in [0.05, 0.1) is 18.4 Å². The molecule has 1 aromatic heterocycles. The second kappa shape index (κ2) is 5.01. The molecule has 0 aliphatic carbocycles. The van der Waals surface area contributed by atoms with E-state index in [0.717, 1.165) is 6.07 Å². The molecule has 0 aliphatic rings. The average Bonchev–Trinajstić information content (AvgIpc) is 2.41. The van der Waals surface area contributed by atoms with E-state index in [1.54, 1.807) is 0 Å². The predicted octanol–water partition coefficient (Wildman–Crippen LogP) is 2.18. The summed E-state index contributed by atoms with van der Waals surface area (Å²) in [4.78, 5) is 15.8. The summed E-state index contributed by atoms with van der Waals surface area (Å²) in [5.41, 5.74) is 4.78. The second-order valence-electron chi connectivity index (χ2n) is 3.71. The number of carbonyl (C=O) groups excluding carboxylic acids is 1. The molecule has 0 bridgehead atoms. The summed E-state index contributed by atoms with van der Waals surface area (Å²) in [5, 5.41) is 0. The molecule has 6 heteroatoms. The first-order valence-corrected chi connectivity index (χ1v) is 5.33. The van der Waals surface area contributed by atoms with E-state index < -0.39 is 17.4 Å². The molecule has 0 unspecified atom stereocenters. The average molecular weight is 264 g/mol. The number of nitrogens with zero attached hydrogens (tertiary/aromatic N) is 1. The molecular weight excluding hydrogens is 254 g/mol. The molecule has 1 heterocycles. The molecule has 0 amide bonds. The van der Waals surface area contributed by atoms with Gasteiger partial charge in [-0.3, -0.25) is 4.79 Å². The molecular formula is C13H10F2N2O2. The molecule has 0 saturated carbocycles. The van der Waals surface area contributed by atoms with Crippen molar-refractivity contribution in [1.82, 2.24) is 4.98 Å². The summed E-state index contributed by atoms with van der Waals surface area (Å²) >= 11 is 0. The summed E-state index contributed by atoms with van der Waals surface area (Å²) in [5.74, 6) is -2.66. The zero-order chi connectivity index (χ0) is 14.0. The van der Waals surface area contributed by atoms with Gasteiger partial charge in [0.15, 0.2) is 11.6 Å². The third-order valence-electron chi connectivity index (χ3n) is 2.59. The molecule has 19 heavy (non-hydrogen) atoms. The first kappa shape index (κ1) is 12.9. The number of nitrogen functional groups attached to an aromatic ring is 1. The standard InChI is InChI=1S/C13H10F2N2O2/c1-19-13-10(15)7(5-6-17-13)12(18)8-3-2-4-9(14)11(8)16/h2-6H,16H2,1H3. The maximum absolute atomic E-state index is 13.9. The van der Waals surface area contributed by atoms with Gasteiger partial charge in [-0.2, -0.15) is 0 Å². The van der Waals surface area contributed by atoms with E-state index in [1.165, 1.54) is 31.5 Å². The fraction of sp³-hybridized carbons (Fsp3) is 0.0769. The number of aromatic nitrogens is 1. The highest BCUT2D eigenvalue weighted by atomic mass is 19.1. The molecule has 0 radical (unpaired) electrons. The maximum Gasteiger partial charge on any atom is 0.250 e. The Morgan fingerprint density at radius 1 is 1.26 bits per heavy atom. The predicted molar refractivity (Wildman–Crippen MR) is 65.0 cm³/mol. The van der Waals surface area contributed by atoms with Crippen molar-refractivity contribution in [2.75, 3.05) is 12.8 Å². The van der Waals surface area contributed by atoms with Crippen LogP contribution in [0.3, 0.4) is 0 Å². The summed E-state index contributed by atoms with van der Waals surface area (Å²) in [6, 6.07) is 4.96. The highest BCUT2D eigenvalue weighted by Crippen LogP contribution is 2.23. The van der Waals surface area contributed by atoms with Crippen molar-refractivity contribution in [2.24, 2.45) is 0 Å². The Bertz CT molecular complexity index is 645. The quantitative estimate of drug-likeness (QED) is 0.681. The van der Waals surface area contributed by atoms with Gasteiger partial charge in [-0.25, -0.2) is 13.8 Å². The Kier molecular flexibility index (Phi) is 3.41. The van der Waals surface area contributed by atoms with Crippen molar-refractivity contribution in [2.45, 2.75) is 0 Å². The summed E-state index contributed by atoms with van der Waals surface area (Å²) in [6.07, 6.45) is 1.23. The van der Waals surface area contributed by atoms with E-state index in [2.05, 4.69) is 9.72 Å². The lowest BCUT2D eigenvalue weighted by Gasteiger charge is -2.08. The maximum atomic E-state index is 13.9. The Labute approximate surface area is 107 Å². The van der Waals surface area contributed by atoms with Crippen molar-refractivity contribution < 1.29 is 18.3 Å². The Balaban J connectivity index is 2.54. The zero-order valence-corrected chi connectivity index (χ0v) is 9.98. The molecule has 0 atom stereocenters. The summed E-state index contributed by atoms with van der Waals surface area (Å²) in [7, 11) is 1.23. The van der Waals surface area contributed by atoms with Gasteiger partial charge in [-0.15, -0.1) is 0 Å². The van der Waals surface area contributed by atoms with Crippen molar-refractivity contribution >= 4 is 11.5 Å². The topological polar surface area (TPSA) is 65.2 Å². The van der Waals surface area contributed by atoms with Crippen molar-refractivity contribution in [1.29, 1.82) is 0 Å². The van der Waals surface area contributed by atoms with E-state index in [0.29, 0.717) is 0 Å². The first-order valence-electron chi connectivity index (χ1n) is 5.33. The highest BCUT2D eigenvalue weighted by Gasteiger charge is 2.20. The summed E-state index contributed by atoms with van der Waals surface area (Å²) < 4.78 is 31.9. The minimum Gasteiger partial charge on any atom is -0.479 e. The molecule has 0 saturated heterocycles. The van der Waals surface area contributed by atoms with Crippen LogP contribution in [0.15, 0.2) is 30.5 Å². The van der Waals surface area contributed by atoms with Crippen LogP contribution in [0.4, 0.5) is 14.5 Å². The number of hydrogen-bond acceptors (Lipinski definition) is 4. The SMILES string of the molecule is COc1nccc(C(=O)c2cccc(F)c2N)c1F. The number of hydrogen-bond donors (Lipinski definition) is 1. The number of carbonyl (C=O) groups is 1. The summed E-state index contributed by atoms with van der Waals surface area (Å²) in [6.45, 7) is 0. The molecule has 0 fully saturated rings. The van der Waals surface area contributed by atoms with Crippen LogP contribution in [0.5, 0.6) is 5.88 Å².